The summed E-state index contributed by atoms with van der Waals surface area (Å²) in [5, 5.41) is 10.7. The van der Waals surface area contributed by atoms with E-state index in [0.717, 1.165) is 4.88 Å². The molecule has 0 saturated carbocycles. The highest BCUT2D eigenvalue weighted by Gasteiger charge is 2.28. The minimum Gasteiger partial charge on any atom is -0.480 e. The molecule has 0 unspecified atom stereocenters. The molecule has 17 heavy (non-hydrogen) atoms. The lowest BCUT2D eigenvalue weighted by atomic mass is 10.1. The van der Waals surface area contributed by atoms with Crippen LogP contribution in [0.15, 0.2) is 17.5 Å². The molecule has 1 aromatic rings. The lowest BCUT2D eigenvalue weighted by Gasteiger charge is -2.34. The first-order valence-electron chi connectivity index (χ1n) is 5.35. The van der Waals surface area contributed by atoms with Crippen molar-refractivity contribution in [3.63, 3.8) is 0 Å². The van der Waals surface area contributed by atoms with Crippen LogP contribution >= 0.6 is 11.3 Å². The minimum atomic E-state index is -0.987. The second kappa shape index (κ2) is 5.31. The number of amides is 1. The van der Waals surface area contributed by atoms with Gasteiger partial charge in [-0.3, -0.25) is 9.59 Å². The standard InChI is InChI=1S/C12H17NO3S/c1-12(2,3)13(8-11(15)16)10(14)7-9-5-4-6-17-9/h4-6H,7-8H2,1-3H3,(H,15,16). The summed E-state index contributed by atoms with van der Waals surface area (Å²) < 4.78 is 0. The predicted molar refractivity (Wildman–Crippen MR) is 67.1 cm³/mol. The molecular formula is C12H17NO3S. The second-order valence-corrected chi connectivity index (χ2v) is 5.83. The van der Waals surface area contributed by atoms with E-state index < -0.39 is 11.5 Å². The molecule has 0 bridgehead atoms. The monoisotopic (exact) mass is 255 g/mol. The highest BCUT2D eigenvalue weighted by atomic mass is 32.1. The molecular weight excluding hydrogens is 238 g/mol. The number of carboxylic acid groups (broad SMARTS) is 1. The maximum absolute atomic E-state index is 12.1. The van der Waals surface area contributed by atoms with Crippen LogP contribution in [0.1, 0.15) is 25.6 Å². The van der Waals surface area contributed by atoms with Gasteiger partial charge in [0, 0.05) is 10.4 Å². The van der Waals surface area contributed by atoms with Gasteiger partial charge in [-0.2, -0.15) is 0 Å². The zero-order valence-electron chi connectivity index (χ0n) is 10.3. The summed E-state index contributed by atoms with van der Waals surface area (Å²) >= 11 is 1.50. The topological polar surface area (TPSA) is 57.6 Å². The summed E-state index contributed by atoms with van der Waals surface area (Å²) in [5.74, 6) is -1.14. The Morgan fingerprint density at radius 3 is 2.47 bits per heavy atom. The van der Waals surface area contributed by atoms with Crippen molar-refractivity contribution in [3.8, 4) is 0 Å². The fourth-order valence-electron chi connectivity index (χ4n) is 1.49. The Hall–Kier alpha value is -1.36. The maximum Gasteiger partial charge on any atom is 0.323 e. The Labute approximate surface area is 105 Å². The van der Waals surface area contributed by atoms with Crippen LogP contribution in [-0.2, 0) is 16.0 Å². The predicted octanol–water partition coefficient (Wildman–Crippen LogP) is 2.00. The van der Waals surface area contributed by atoms with Crippen LogP contribution in [0.2, 0.25) is 0 Å². The third kappa shape index (κ3) is 4.19. The van der Waals surface area contributed by atoms with Gasteiger partial charge in [0.2, 0.25) is 5.91 Å². The highest BCUT2D eigenvalue weighted by Crippen LogP contribution is 2.17. The van der Waals surface area contributed by atoms with E-state index in [1.165, 1.54) is 16.2 Å². The fourth-order valence-corrected chi connectivity index (χ4v) is 2.19. The van der Waals surface area contributed by atoms with Crippen LogP contribution < -0.4 is 0 Å². The highest BCUT2D eigenvalue weighted by molar-refractivity contribution is 7.10. The van der Waals surface area contributed by atoms with Crippen molar-refractivity contribution in [2.75, 3.05) is 6.54 Å². The number of nitrogens with zero attached hydrogens (tertiary/aromatic N) is 1. The molecule has 1 heterocycles. The van der Waals surface area contributed by atoms with E-state index >= 15 is 0 Å². The molecule has 0 aromatic carbocycles. The van der Waals surface area contributed by atoms with Gasteiger partial charge in [-0.25, -0.2) is 0 Å². The normalized spacial score (nSPS) is 11.2. The van der Waals surface area contributed by atoms with Crippen molar-refractivity contribution >= 4 is 23.2 Å². The Kier molecular flexibility index (Phi) is 4.28. The quantitative estimate of drug-likeness (QED) is 0.895. The molecule has 5 heteroatoms. The van der Waals surface area contributed by atoms with E-state index in [2.05, 4.69) is 0 Å². The van der Waals surface area contributed by atoms with E-state index in [-0.39, 0.29) is 18.9 Å². The summed E-state index contributed by atoms with van der Waals surface area (Å²) in [4.78, 5) is 25.2. The maximum atomic E-state index is 12.1. The van der Waals surface area contributed by atoms with Crippen molar-refractivity contribution in [1.82, 2.24) is 4.90 Å². The number of carbonyl (C=O) groups is 2. The van der Waals surface area contributed by atoms with Crippen molar-refractivity contribution in [2.24, 2.45) is 0 Å². The van der Waals surface area contributed by atoms with Crippen LogP contribution in [0.5, 0.6) is 0 Å². The molecule has 0 radical (unpaired) electrons. The molecule has 1 aromatic heterocycles. The molecule has 1 rings (SSSR count). The van der Waals surface area contributed by atoms with Crippen molar-refractivity contribution in [3.05, 3.63) is 22.4 Å². The number of aliphatic carboxylic acids is 1. The SMILES string of the molecule is CC(C)(C)N(CC(=O)O)C(=O)Cc1cccs1. The third-order valence-corrected chi connectivity index (χ3v) is 3.19. The summed E-state index contributed by atoms with van der Waals surface area (Å²) in [6.45, 7) is 5.25. The summed E-state index contributed by atoms with van der Waals surface area (Å²) in [7, 11) is 0. The molecule has 1 N–H and O–H groups in total. The Morgan fingerprint density at radius 1 is 1.41 bits per heavy atom. The molecule has 94 valence electrons. The Bertz CT molecular complexity index is 392. The average Bonchev–Trinajstić information content (AvgIpc) is 2.64. The van der Waals surface area contributed by atoms with Gasteiger partial charge in [0.25, 0.3) is 0 Å². The number of thiophene rings is 1. The van der Waals surface area contributed by atoms with Gasteiger partial charge in [-0.15, -0.1) is 11.3 Å². The molecule has 0 spiro atoms. The van der Waals surface area contributed by atoms with Gasteiger partial charge in [0.05, 0.1) is 6.42 Å². The molecule has 0 fully saturated rings. The summed E-state index contributed by atoms with van der Waals surface area (Å²) in [5.41, 5.74) is -0.479. The lowest BCUT2D eigenvalue weighted by Crippen LogP contribution is -2.48. The zero-order valence-corrected chi connectivity index (χ0v) is 11.1. The van der Waals surface area contributed by atoms with E-state index in [1.807, 2.05) is 38.3 Å². The van der Waals surface area contributed by atoms with Crippen LogP contribution in [0, 0.1) is 0 Å². The van der Waals surface area contributed by atoms with Crippen LogP contribution in [0.25, 0.3) is 0 Å². The Balaban J connectivity index is 2.76. The van der Waals surface area contributed by atoms with Crippen molar-refractivity contribution in [1.29, 1.82) is 0 Å². The first-order chi connectivity index (χ1) is 7.80. The number of hydrogen-bond donors (Lipinski definition) is 1. The number of rotatable bonds is 4. The smallest absolute Gasteiger partial charge is 0.323 e. The molecule has 4 nitrogen and oxygen atoms in total. The van der Waals surface area contributed by atoms with Crippen molar-refractivity contribution < 1.29 is 14.7 Å². The van der Waals surface area contributed by atoms with Gasteiger partial charge < -0.3 is 10.0 Å². The molecule has 0 saturated heterocycles. The summed E-state index contributed by atoms with van der Waals surface area (Å²) in [6, 6.07) is 3.76. The van der Waals surface area contributed by atoms with Crippen molar-refractivity contribution in [2.45, 2.75) is 32.7 Å². The van der Waals surface area contributed by atoms with Crippen LogP contribution in [-0.4, -0.2) is 34.0 Å². The van der Waals surface area contributed by atoms with Crippen LogP contribution in [0.4, 0.5) is 0 Å². The average molecular weight is 255 g/mol. The van der Waals surface area contributed by atoms with Crippen LogP contribution in [0.3, 0.4) is 0 Å². The van der Waals surface area contributed by atoms with E-state index in [1.54, 1.807) is 0 Å². The van der Waals surface area contributed by atoms with E-state index in [9.17, 15) is 9.59 Å². The summed E-state index contributed by atoms with van der Waals surface area (Å²) in [6.07, 6.45) is 0.266. The van der Waals surface area contributed by atoms with Gasteiger partial charge in [-0.1, -0.05) is 6.07 Å². The number of hydrogen-bond acceptors (Lipinski definition) is 3. The molecule has 0 aliphatic carbocycles. The van der Waals surface area contributed by atoms with Gasteiger partial charge in [0.1, 0.15) is 6.54 Å². The fraction of sp³-hybridized carbons (Fsp3) is 0.500. The zero-order chi connectivity index (χ0) is 13.1. The van der Waals surface area contributed by atoms with Gasteiger partial charge in [0.15, 0.2) is 0 Å². The minimum absolute atomic E-state index is 0.151. The molecule has 0 atom stereocenters. The van der Waals surface area contributed by atoms with E-state index in [4.69, 9.17) is 5.11 Å². The third-order valence-electron chi connectivity index (χ3n) is 2.31. The number of carbonyl (C=O) groups excluding carboxylic acids is 1. The Morgan fingerprint density at radius 2 is 2.06 bits per heavy atom. The second-order valence-electron chi connectivity index (χ2n) is 4.80. The first-order valence-corrected chi connectivity index (χ1v) is 6.23. The lowest BCUT2D eigenvalue weighted by molar-refractivity contribution is -0.147. The number of carboxylic acids is 1. The van der Waals surface area contributed by atoms with Gasteiger partial charge >= 0.3 is 5.97 Å². The van der Waals surface area contributed by atoms with E-state index in [0.29, 0.717) is 0 Å². The largest absolute Gasteiger partial charge is 0.480 e. The molecule has 0 aliphatic rings. The molecule has 0 aliphatic heterocycles. The molecule has 1 amide bonds. The van der Waals surface area contributed by atoms with Gasteiger partial charge in [-0.05, 0) is 32.2 Å². The first kappa shape index (κ1) is 13.7.